The normalized spacial score (nSPS) is 46.8. The average molecular weight is 389 g/mol. The molecule has 4 fully saturated rings. The quantitative estimate of drug-likeness (QED) is 0.542. The molecule has 0 amide bonds. The van der Waals surface area contributed by atoms with Gasteiger partial charge in [-0.15, -0.1) is 0 Å². The molecule has 1 N–H and O–H groups in total. The monoisotopic (exact) mass is 388 g/mol. The largest absolute Gasteiger partial charge is 0.394 e. The maximum atomic E-state index is 12.6. The lowest BCUT2D eigenvalue weighted by atomic mass is 9.43. The number of Topliss-reactive ketones (excluding diaryl/α,β-unsaturated/α-hetero) is 1. The van der Waals surface area contributed by atoms with E-state index in [4.69, 9.17) is 4.84 Å². The number of ketones is 1. The maximum Gasteiger partial charge on any atom is 0.139 e. The number of carbonyl (C=O) groups is 1. The van der Waals surface area contributed by atoms with E-state index >= 15 is 0 Å². The first kappa shape index (κ1) is 20.4. The fraction of sp³-hybridized carbons (Fsp3) is 0.917. The lowest BCUT2D eigenvalue weighted by Gasteiger charge is -2.61. The maximum absolute atomic E-state index is 12.6. The molecule has 0 radical (unpaired) electrons. The average Bonchev–Trinajstić information content (AvgIpc) is 3.00. The Morgan fingerprint density at radius 2 is 1.89 bits per heavy atom. The molecule has 0 aliphatic heterocycles. The molecule has 0 spiro atoms. The van der Waals surface area contributed by atoms with Crippen molar-refractivity contribution in [2.45, 2.75) is 78.6 Å². The minimum Gasteiger partial charge on any atom is -0.394 e. The highest BCUT2D eigenvalue weighted by atomic mass is 16.6. The van der Waals surface area contributed by atoms with E-state index in [0.717, 1.165) is 50.0 Å². The van der Waals surface area contributed by atoms with E-state index in [0.29, 0.717) is 29.6 Å². The van der Waals surface area contributed by atoms with Gasteiger partial charge in [-0.2, -0.15) is 0 Å². The Hall–Kier alpha value is -0.900. The second-order valence-corrected chi connectivity index (χ2v) is 10.5. The van der Waals surface area contributed by atoms with Crippen LogP contribution in [0.5, 0.6) is 0 Å². The molecule has 28 heavy (non-hydrogen) atoms. The highest BCUT2D eigenvalue weighted by molar-refractivity contribution is 5.88. The number of rotatable bonds is 5. The third-order valence-electron chi connectivity index (χ3n) is 9.55. The van der Waals surface area contributed by atoms with Gasteiger partial charge >= 0.3 is 0 Å². The van der Waals surface area contributed by atoms with Crippen LogP contribution in [0, 0.1) is 40.4 Å². The molecule has 158 valence electrons. The highest BCUT2D eigenvalue weighted by Crippen LogP contribution is 2.66. The zero-order valence-corrected chi connectivity index (χ0v) is 18.4. The molecule has 0 aromatic heterocycles. The molecule has 4 nitrogen and oxygen atoms in total. The lowest BCUT2D eigenvalue weighted by Crippen LogP contribution is -2.56. The summed E-state index contributed by atoms with van der Waals surface area (Å²) in [5.74, 6) is 4.10. The third-order valence-corrected chi connectivity index (χ3v) is 9.55. The topological polar surface area (TPSA) is 50.7 Å². The number of likely N-dealkylation sites (N-methyl/N-ethyl adjacent to an activating group) is 1. The summed E-state index contributed by atoms with van der Waals surface area (Å²) in [4.78, 5) is 18.3. The molecule has 4 aliphatic carbocycles. The van der Waals surface area contributed by atoms with Gasteiger partial charge < -0.3 is 10.2 Å². The van der Waals surface area contributed by atoms with Crippen LogP contribution < -0.4 is 5.32 Å². The van der Waals surface area contributed by atoms with Gasteiger partial charge in [0, 0.05) is 24.3 Å². The highest BCUT2D eigenvalue weighted by Gasteiger charge is 2.61. The number of nitrogens with one attached hydrogen (secondary N) is 1. The number of hydrogen-bond acceptors (Lipinski definition) is 4. The zero-order chi connectivity index (χ0) is 19.9. The van der Waals surface area contributed by atoms with Crippen molar-refractivity contribution in [1.29, 1.82) is 0 Å². The summed E-state index contributed by atoms with van der Waals surface area (Å²) in [6.07, 6.45) is 10.5. The number of hydrogen-bond donors (Lipinski definition) is 1. The first-order chi connectivity index (χ1) is 13.5. The van der Waals surface area contributed by atoms with E-state index in [1.807, 2.05) is 7.05 Å². The fourth-order valence-corrected chi connectivity index (χ4v) is 8.01. The Morgan fingerprint density at radius 3 is 2.64 bits per heavy atom. The molecule has 4 aliphatic rings. The summed E-state index contributed by atoms with van der Waals surface area (Å²) in [6, 6.07) is 0. The molecular formula is C24H40N2O2. The molecule has 1 unspecified atom stereocenters. The standard InChI is InChI=1S/C24H40N2O2/c1-5-16-18-7-6-17-19-8-9-22(27)24(19,3)12-10-20(17)23(18,2)13-11-21(16)26-28-15-14-25-4/h16-20,25H,5-15H2,1-4H3/b26-21+/t16-,17+,18?,19+,20+,23+,24+/m1/s1. The van der Waals surface area contributed by atoms with Crippen LogP contribution in [0.4, 0.5) is 0 Å². The van der Waals surface area contributed by atoms with Crippen LogP contribution >= 0.6 is 0 Å². The predicted molar refractivity (Wildman–Crippen MR) is 113 cm³/mol. The van der Waals surface area contributed by atoms with Crippen molar-refractivity contribution in [3.63, 3.8) is 0 Å². The number of oxime groups is 1. The second-order valence-electron chi connectivity index (χ2n) is 10.5. The van der Waals surface area contributed by atoms with Crippen molar-refractivity contribution in [2.75, 3.05) is 20.2 Å². The summed E-state index contributed by atoms with van der Waals surface area (Å²) < 4.78 is 0. The Balaban J connectivity index is 1.54. The van der Waals surface area contributed by atoms with E-state index in [1.165, 1.54) is 37.8 Å². The molecule has 4 heteroatoms. The van der Waals surface area contributed by atoms with Gasteiger partial charge in [-0.05, 0) is 87.5 Å². The summed E-state index contributed by atoms with van der Waals surface area (Å²) in [6.45, 7) is 8.71. The second kappa shape index (κ2) is 7.74. The van der Waals surface area contributed by atoms with Gasteiger partial charge in [0.05, 0.1) is 5.71 Å². The summed E-state index contributed by atoms with van der Waals surface area (Å²) >= 11 is 0. The molecule has 7 atom stereocenters. The van der Waals surface area contributed by atoms with Crippen LogP contribution in [0.15, 0.2) is 5.16 Å². The molecule has 0 saturated heterocycles. The van der Waals surface area contributed by atoms with Crippen LogP contribution in [-0.2, 0) is 9.63 Å². The van der Waals surface area contributed by atoms with E-state index in [1.54, 1.807) is 0 Å². The van der Waals surface area contributed by atoms with Gasteiger partial charge in [0.2, 0.25) is 0 Å². The minimum absolute atomic E-state index is 0.00302. The van der Waals surface area contributed by atoms with Crippen LogP contribution in [0.1, 0.15) is 78.6 Å². The minimum atomic E-state index is -0.00302. The van der Waals surface area contributed by atoms with Crippen molar-refractivity contribution >= 4 is 11.5 Å². The van der Waals surface area contributed by atoms with Gasteiger partial charge in [-0.1, -0.05) is 25.9 Å². The SMILES string of the molecule is CC[C@H]1/C(=N/OCCNC)CC[C@@]2(C)C1CC[C@@H]1[C@@H]2CC[C@]2(C)C(=O)CC[C@@H]12. The molecule has 0 aromatic rings. The predicted octanol–water partition coefficient (Wildman–Crippen LogP) is 4.83. The van der Waals surface area contributed by atoms with Gasteiger partial charge in [0.25, 0.3) is 0 Å². The number of nitrogens with zero attached hydrogens (tertiary/aromatic N) is 1. The van der Waals surface area contributed by atoms with E-state index in [9.17, 15) is 4.79 Å². The summed E-state index contributed by atoms with van der Waals surface area (Å²) in [5, 5.41) is 7.72. The summed E-state index contributed by atoms with van der Waals surface area (Å²) in [7, 11) is 1.95. The van der Waals surface area contributed by atoms with Crippen molar-refractivity contribution < 1.29 is 9.63 Å². The van der Waals surface area contributed by atoms with E-state index < -0.39 is 0 Å². The third kappa shape index (κ3) is 3.05. The van der Waals surface area contributed by atoms with Gasteiger partial charge in [-0.25, -0.2) is 0 Å². The van der Waals surface area contributed by atoms with E-state index in [2.05, 4.69) is 31.2 Å². The smallest absolute Gasteiger partial charge is 0.139 e. The first-order valence-electron chi connectivity index (χ1n) is 11.8. The molecule has 0 heterocycles. The first-order valence-corrected chi connectivity index (χ1v) is 11.8. The Bertz CT molecular complexity index is 632. The van der Waals surface area contributed by atoms with Gasteiger partial charge in [0.15, 0.2) is 0 Å². The molecule has 4 saturated carbocycles. The van der Waals surface area contributed by atoms with Crippen molar-refractivity contribution in [2.24, 2.45) is 45.6 Å². The van der Waals surface area contributed by atoms with Crippen LogP contribution in [0.3, 0.4) is 0 Å². The summed E-state index contributed by atoms with van der Waals surface area (Å²) in [5.41, 5.74) is 1.73. The Kier molecular flexibility index (Phi) is 5.63. The number of carbonyl (C=O) groups excluding carboxylic acids is 1. The Labute approximate surface area is 171 Å². The fourth-order valence-electron chi connectivity index (χ4n) is 8.01. The molecule has 4 rings (SSSR count). The van der Waals surface area contributed by atoms with Crippen LogP contribution in [0.2, 0.25) is 0 Å². The number of fused-ring (bicyclic) bond motifs is 5. The van der Waals surface area contributed by atoms with Crippen molar-refractivity contribution in [1.82, 2.24) is 5.32 Å². The van der Waals surface area contributed by atoms with Crippen molar-refractivity contribution in [3.05, 3.63) is 0 Å². The van der Waals surface area contributed by atoms with Crippen molar-refractivity contribution in [3.8, 4) is 0 Å². The van der Waals surface area contributed by atoms with Crippen LogP contribution in [0.25, 0.3) is 0 Å². The molecule has 0 aromatic carbocycles. The van der Waals surface area contributed by atoms with Crippen LogP contribution in [-0.4, -0.2) is 31.7 Å². The van der Waals surface area contributed by atoms with Gasteiger partial charge in [0.1, 0.15) is 12.4 Å². The molecule has 0 bridgehead atoms. The Morgan fingerprint density at radius 1 is 1.07 bits per heavy atom. The molecular weight excluding hydrogens is 348 g/mol. The van der Waals surface area contributed by atoms with E-state index in [-0.39, 0.29) is 5.41 Å². The van der Waals surface area contributed by atoms with Gasteiger partial charge in [-0.3, -0.25) is 4.79 Å². The lowest BCUT2D eigenvalue weighted by molar-refractivity contribution is -0.138. The zero-order valence-electron chi connectivity index (χ0n) is 18.4.